The highest BCUT2D eigenvalue weighted by Crippen LogP contribution is 2.27. The number of amides is 2. The fourth-order valence-corrected chi connectivity index (χ4v) is 3.32. The van der Waals surface area contributed by atoms with E-state index in [9.17, 15) is 9.59 Å². The average Bonchev–Trinajstić information content (AvgIpc) is 3.22. The maximum absolute atomic E-state index is 12.4. The first-order chi connectivity index (χ1) is 13.0. The molecule has 0 saturated carbocycles. The first kappa shape index (κ1) is 18.8. The molecule has 1 aromatic carbocycles. The van der Waals surface area contributed by atoms with E-state index in [0.29, 0.717) is 28.6 Å². The topological polar surface area (TPSA) is 97.1 Å². The Kier molecular flexibility index (Phi) is 5.66. The number of benzene rings is 1. The van der Waals surface area contributed by atoms with Crippen LogP contribution >= 0.6 is 11.3 Å². The van der Waals surface area contributed by atoms with Crippen molar-refractivity contribution in [3.05, 3.63) is 46.7 Å². The number of carbonyl (C=O) groups excluding carboxylic acids is 2. The van der Waals surface area contributed by atoms with E-state index in [1.54, 1.807) is 13.8 Å². The summed E-state index contributed by atoms with van der Waals surface area (Å²) in [4.78, 5) is 28.5. The molecule has 0 fully saturated rings. The van der Waals surface area contributed by atoms with Gasteiger partial charge in [0.15, 0.2) is 5.13 Å². The molecule has 2 amide bonds. The number of anilines is 2. The Morgan fingerprint density at radius 1 is 1.15 bits per heavy atom. The molecule has 0 atom stereocenters. The molecule has 0 aliphatic rings. The number of hydrogen-bond acceptors (Lipinski definition) is 6. The van der Waals surface area contributed by atoms with E-state index in [1.807, 2.05) is 36.6 Å². The zero-order valence-corrected chi connectivity index (χ0v) is 16.1. The molecular formula is C19H20N4O3S. The van der Waals surface area contributed by atoms with Crippen LogP contribution in [0.1, 0.15) is 41.6 Å². The number of hydrogen-bond donors (Lipinski definition) is 2. The molecule has 3 rings (SSSR count). The van der Waals surface area contributed by atoms with Gasteiger partial charge in [0, 0.05) is 23.1 Å². The van der Waals surface area contributed by atoms with Gasteiger partial charge >= 0.3 is 0 Å². The van der Waals surface area contributed by atoms with E-state index in [0.717, 1.165) is 23.4 Å². The fourth-order valence-electron chi connectivity index (χ4n) is 2.61. The second-order valence-corrected chi connectivity index (χ2v) is 6.92. The smallest absolute Gasteiger partial charge is 0.262 e. The van der Waals surface area contributed by atoms with Gasteiger partial charge in [-0.1, -0.05) is 24.2 Å². The molecule has 8 heteroatoms. The summed E-state index contributed by atoms with van der Waals surface area (Å²) in [6.07, 6.45) is 1.31. The number of nitrogens with one attached hydrogen (secondary N) is 2. The predicted octanol–water partition coefficient (Wildman–Crippen LogP) is 4.41. The minimum atomic E-state index is -0.291. The molecule has 0 unspecified atom stereocenters. The van der Waals surface area contributed by atoms with Crippen LogP contribution in [-0.2, 0) is 4.79 Å². The second kappa shape index (κ2) is 8.13. The highest BCUT2D eigenvalue weighted by molar-refractivity contribution is 7.14. The molecule has 27 heavy (non-hydrogen) atoms. The third kappa shape index (κ3) is 4.40. The van der Waals surface area contributed by atoms with E-state index in [2.05, 4.69) is 20.8 Å². The molecule has 0 aliphatic heterocycles. The summed E-state index contributed by atoms with van der Waals surface area (Å²) in [6, 6.07) is 7.45. The van der Waals surface area contributed by atoms with Crippen molar-refractivity contribution in [2.75, 3.05) is 10.6 Å². The van der Waals surface area contributed by atoms with E-state index in [1.165, 1.54) is 11.3 Å². The quantitative estimate of drug-likeness (QED) is 0.656. The monoisotopic (exact) mass is 384 g/mol. The lowest BCUT2D eigenvalue weighted by atomic mass is 10.1. The van der Waals surface area contributed by atoms with E-state index >= 15 is 0 Å². The van der Waals surface area contributed by atoms with Gasteiger partial charge in [0.2, 0.25) is 5.91 Å². The number of aryl methyl sites for hydroxylation is 2. The van der Waals surface area contributed by atoms with Crippen molar-refractivity contribution in [1.82, 2.24) is 10.1 Å². The Morgan fingerprint density at radius 3 is 2.52 bits per heavy atom. The number of carbonyl (C=O) groups is 2. The normalized spacial score (nSPS) is 10.6. The molecule has 0 bridgehead atoms. The molecule has 3 aromatic rings. The first-order valence-corrected chi connectivity index (χ1v) is 9.46. The highest BCUT2D eigenvalue weighted by Gasteiger charge is 2.18. The number of thiazole rings is 1. The van der Waals surface area contributed by atoms with Crippen LogP contribution in [0.25, 0.3) is 11.3 Å². The van der Waals surface area contributed by atoms with Crippen molar-refractivity contribution < 1.29 is 14.1 Å². The predicted molar refractivity (Wildman–Crippen MR) is 105 cm³/mol. The van der Waals surface area contributed by atoms with Gasteiger partial charge in [-0.2, -0.15) is 0 Å². The minimum absolute atomic E-state index is 0.00299. The van der Waals surface area contributed by atoms with Gasteiger partial charge in [0.05, 0.1) is 11.4 Å². The summed E-state index contributed by atoms with van der Waals surface area (Å²) in [5.41, 5.74) is 3.37. The van der Waals surface area contributed by atoms with Gasteiger partial charge in [-0.25, -0.2) is 4.98 Å². The number of aromatic nitrogens is 2. The highest BCUT2D eigenvalue weighted by atomic mass is 32.1. The Balaban J connectivity index is 1.68. The molecule has 0 radical (unpaired) electrons. The number of nitrogens with zero attached hydrogens (tertiary/aromatic N) is 2. The van der Waals surface area contributed by atoms with Crippen LogP contribution in [0.3, 0.4) is 0 Å². The van der Waals surface area contributed by atoms with Crippen LogP contribution in [0, 0.1) is 13.8 Å². The molecule has 140 valence electrons. The van der Waals surface area contributed by atoms with Gasteiger partial charge in [-0.15, -0.1) is 11.3 Å². The van der Waals surface area contributed by atoms with E-state index in [-0.39, 0.29) is 11.8 Å². The Hall–Kier alpha value is -3.00. The molecule has 7 nitrogen and oxygen atoms in total. The van der Waals surface area contributed by atoms with Crippen LogP contribution < -0.4 is 10.6 Å². The summed E-state index contributed by atoms with van der Waals surface area (Å²) in [5, 5.41) is 11.8. The molecule has 0 saturated heterocycles. The molecule has 2 heterocycles. The van der Waals surface area contributed by atoms with E-state index < -0.39 is 0 Å². The average molecular weight is 384 g/mol. The molecule has 2 N–H and O–H groups in total. The van der Waals surface area contributed by atoms with Gasteiger partial charge in [0.1, 0.15) is 11.3 Å². The van der Waals surface area contributed by atoms with Crippen molar-refractivity contribution in [2.45, 2.75) is 33.6 Å². The maximum Gasteiger partial charge on any atom is 0.262 e. The summed E-state index contributed by atoms with van der Waals surface area (Å²) in [5.74, 6) is 0.187. The zero-order chi connectivity index (χ0) is 19.4. The summed E-state index contributed by atoms with van der Waals surface area (Å²) in [6.45, 7) is 5.38. The van der Waals surface area contributed by atoms with Crippen LogP contribution in [-0.4, -0.2) is 22.0 Å². The SMILES string of the molecule is CCCC(=O)Nc1ccc(-c2csc(NC(=O)c3c(C)noc3C)n2)cc1. The largest absolute Gasteiger partial charge is 0.361 e. The van der Waals surface area contributed by atoms with Crippen LogP contribution in [0.4, 0.5) is 10.8 Å². The van der Waals surface area contributed by atoms with Crippen LogP contribution in [0.2, 0.25) is 0 Å². The lowest BCUT2D eigenvalue weighted by Crippen LogP contribution is -2.13. The second-order valence-electron chi connectivity index (χ2n) is 6.07. The van der Waals surface area contributed by atoms with Gasteiger partial charge in [0.25, 0.3) is 5.91 Å². The first-order valence-electron chi connectivity index (χ1n) is 8.58. The molecule has 2 aromatic heterocycles. The van der Waals surface area contributed by atoms with Crippen LogP contribution in [0.5, 0.6) is 0 Å². The Bertz CT molecular complexity index is 940. The van der Waals surface area contributed by atoms with Gasteiger partial charge in [-0.3, -0.25) is 14.9 Å². The van der Waals surface area contributed by atoms with Crippen LogP contribution in [0.15, 0.2) is 34.2 Å². The van der Waals surface area contributed by atoms with Gasteiger partial charge in [-0.05, 0) is 32.4 Å². The lowest BCUT2D eigenvalue weighted by Gasteiger charge is -2.05. The molecule has 0 spiro atoms. The van der Waals surface area contributed by atoms with Crippen molar-refractivity contribution in [3.63, 3.8) is 0 Å². The molecular weight excluding hydrogens is 364 g/mol. The van der Waals surface area contributed by atoms with Crippen molar-refractivity contribution in [2.24, 2.45) is 0 Å². The summed E-state index contributed by atoms with van der Waals surface area (Å²) >= 11 is 1.34. The van der Waals surface area contributed by atoms with Crippen molar-refractivity contribution in [1.29, 1.82) is 0 Å². The zero-order valence-electron chi connectivity index (χ0n) is 15.3. The van der Waals surface area contributed by atoms with E-state index in [4.69, 9.17) is 4.52 Å². The Labute approximate surface area is 160 Å². The fraction of sp³-hybridized carbons (Fsp3) is 0.263. The van der Waals surface area contributed by atoms with Gasteiger partial charge < -0.3 is 9.84 Å². The third-order valence-electron chi connectivity index (χ3n) is 3.93. The summed E-state index contributed by atoms with van der Waals surface area (Å²) in [7, 11) is 0. The maximum atomic E-state index is 12.4. The number of rotatable bonds is 6. The van der Waals surface area contributed by atoms with Crippen molar-refractivity contribution >= 4 is 34.0 Å². The summed E-state index contributed by atoms with van der Waals surface area (Å²) < 4.78 is 5.02. The lowest BCUT2D eigenvalue weighted by molar-refractivity contribution is -0.116. The van der Waals surface area contributed by atoms with Crippen molar-refractivity contribution in [3.8, 4) is 11.3 Å². The molecule has 0 aliphatic carbocycles. The Morgan fingerprint density at radius 2 is 1.89 bits per heavy atom. The third-order valence-corrected chi connectivity index (χ3v) is 4.68. The minimum Gasteiger partial charge on any atom is -0.361 e. The standard InChI is InChI=1S/C19H20N4O3S/c1-4-5-16(24)20-14-8-6-13(7-9-14)15-10-27-19(21-15)22-18(25)17-11(2)23-26-12(17)3/h6-10H,4-5H2,1-3H3,(H,20,24)(H,21,22,25).